The number of hydrogen-bond donors (Lipinski definition) is 2. The van der Waals surface area contributed by atoms with Crippen molar-refractivity contribution in [2.45, 2.75) is 51.3 Å². The van der Waals surface area contributed by atoms with E-state index in [0.717, 1.165) is 35.5 Å². The highest BCUT2D eigenvalue weighted by Gasteiger charge is 2.41. The molecule has 1 aromatic heterocycles. The second-order valence-corrected chi connectivity index (χ2v) is 5.90. The van der Waals surface area contributed by atoms with Gasteiger partial charge in [0.15, 0.2) is 0 Å². The zero-order chi connectivity index (χ0) is 15.0. The van der Waals surface area contributed by atoms with Crippen molar-refractivity contribution in [3.63, 3.8) is 0 Å². The van der Waals surface area contributed by atoms with E-state index < -0.39 is 5.60 Å². The molecule has 0 saturated heterocycles. The summed E-state index contributed by atoms with van der Waals surface area (Å²) in [6.45, 7) is 5.00. The van der Waals surface area contributed by atoms with Gasteiger partial charge in [0.2, 0.25) is 0 Å². The average molecular weight is 285 g/mol. The first-order chi connectivity index (χ1) is 10.1. The first-order valence-corrected chi connectivity index (χ1v) is 7.70. The van der Waals surface area contributed by atoms with Crippen LogP contribution in [0.5, 0.6) is 0 Å². The molecule has 0 amide bonds. The van der Waals surface area contributed by atoms with E-state index in [0.29, 0.717) is 12.8 Å². The lowest BCUT2D eigenvalue weighted by Gasteiger charge is -2.24. The number of benzene rings is 1. The van der Waals surface area contributed by atoms with Gasteiger partial charge in [-0.3, -0.25) is 4.68 Å². The smallest absolute Gasteiger partial charge is 0.0972 e. The molecular weight excluding hydrogens is 262 g/mol. The molecule has 0 bridgehead atoms. The number of aliphatic hydroxyl groups is 1. The third-order valence-corrected chi connectivity index (χ3v) is 4.47. The molecule has 4 nitrogen and oxygen atoms in total. The normalized spacial score (nSPS) is 24.3. The van der Waals surface area contributed by atoms with Crippen molar-refractivity contribution in [1.29, 1.82) is 0 Å². The molecule has 1 aliphatic carbocycles. The van der Waals surface area contributed by atoms with E-state index >= 15 is 0 Å². The van der Waals surface area contributed by atoms with Gasteiger partial charge >= 0.3 is 0 Å². The standard InChI is InChI=1S/C17H23N3O/c1-3-12-9-13(20(4-2)19-12)10-17(21)11-16(18)14-7-5-6-8-15(14)17/h5-9,16,21H,3-4,10-11,18H2,1-2H3. The molecule has 2 aromatic rings. The number of aromatic nitrogens is 2. The molecule has 0 saturated carbocycles. The highest BCUT2D eigenvalue weighted by molar-refractivity contribution is 5.41. The largest absolute Gasteiger partial charge is 0.385 e. The van der Waals surface area contributed by atoms with E-state index in [-0.39, 0.29) is 6.04 Å². The average Bonchev–Trinajstić information content (AvgIpc) is 2.99. The first-order valence-electron chi connectivity index (χ1n) is 7.70. The van der Waals surface area contributed by atoms with E-state index in [1.54, 1.807) is 0 Å². The molecule has 1 heterocycles. The minimum absolute atomic E-state index is 0.0881. The monoisotopic (exact) mass is 285 g/mol. The summed E-state index contributed by atoms with van der Waals surface area (Å²) in [5.74, 6) is 0. The predicted molar refractivity (Wildman–Crippen MR) is 82.9 cm³/mol. The van der Waals surface area contributed by atoms with Crippen LogP contribution in [0.1, 0.15) is 48.8 Å². The van der Waals surface area contributed by atoms with Crippen molar-refractivity contribution < 1.29 is 5.11 Å². The van der Waals surface area contributed by atoms with Crippen molar-refractivity contribution in [2.24, 2.45) is 5.73 Å². The molecule has 0 aliphatic heterocycles. The highest BCUT2D eigenvalue weighted by atomic mass is 16.3. The number of hydrogen-bond acceptors (Lipinski definition) is 3. The maximum absolute atomic E-state index is 11.1. The Kier molecular flexibility index (Phi) is 3.59. The Bertz CT molecular complexity index is 649. The fourth-order valence-electron chi connectivity index (χ4n) is 3.40. The SMILES string of the molecule is CCc1cc(CC2(O)CC(N)c3ccccc32)n(CC)n1. The van der Waals surface area contributed by atoms with Gasteiger partial charge in [0.25, 0.3) is 0 Å². The quantitative estimate of drug-likeness (QED) is 0.906. The van der Waals surface area contributed by atoms with Gasteiger partial charge < -0.3 is 10.8 Å². The molecule has 0 radical (unpaired) electrons. The van der Waals surface area contributed by atoms with Crippen LogP contribution < -0.4 is 5.73 Å². The molecule has 112 valence electrons. The van der Waals surface area contributed by atoms with Gasteiger partial charge in [-0.1, -0.05) is 31.2 Å². The van der Waals surface area contributed by atoms with Crippen LogP contribution in [0.3, 0.4) is 0 Å². The number of nitrogens with two attached hydrogens (primary N) is 1. The summed E-state index contributed by atoms with van der Waals surface area (Å²) >= 11 is 0. The molecule has 0 spiro atoms. The van der Waals surface area contributed by atoms with E-state index in [4.69, 9.17) is 5.73 Å². The van der Waals surface area contributed by atoms with E-state index in [1.165, 1.54) is 0 Å². The van der Waals surface area contributed by atoms with E-state index in [9.17, 15) is 5.11 Å². The Hall–Kier alpha value is -1.65. The minimum atomic E-state index is -0.881. The molecule has 3 N–H and O–H groups in total. The molecule has 21 heavy (non-hydrogen) atoms. The number of aryl methyl sites for hydroxylation is 2. The lowest BCUT2D eigenvalue weighted by atomic mass is 9.90. The van der Waals surface area contributed by atoms with Gasteiger partial charge in [-0.2, -0.15) is 5.10 Å². The second kappa shape index (κ2) is 5.28. The van der Waals surface area contributed by atoms with Gasteiger partial charge in [-0.15, -0.1) is 0 Å². The van der Waals surface area contributed by atoms with Crippen molar-refractivity contribution in [3.8, 4) is 0 Å². The predicted octanol–water partition coefficient (Wildman–Crippen LogP) is 2.30. The Labute approximate surface area is 125 Å². The number of fused-ring (bicyclic) bond motifs is 1. The van der Waals surface area contributed by atoms with Crippen LogP contribution in [0.4, 0.5) is 0 Å². The van der Waals surface area contributed by atoms with Crippen molar-refractivity contribution in [3.05, 3.63) is 52.8 Å². The van der Waals surface area contributed by atoms with Crippen LogP contribution in [0, 0.1) is 0 Å². The van der Waals surface area contributed by atoms with Crippen LogP contribution >= 0.6 is 0 Å². The molecule has 2 unspecified atom stereocenters. The molecule has 4 heteroatoms. The Morgan fingerprint density at radius 1 is 1.38 bits per heavy atom. The molecule has 1 aromatic carbocycles. The van der Waals surface area contributed by atoms with Gasteiger partial charge in [0.1, 0.15) is 0 Å². The van der Waals surface area contributed by atoms with E-state index in [1.807, 2.05) is 28.9 Å². The minimum Gasteiger partial charge on any atom is -0.385 e. The Morgan fingerprint density at radius 2 is 2.14 bits per heavy atom. The molecule has 1 aliphatic rings. The van der Waals surface area contributed by atoms with Crippen molar-refractivity contribution >= 4 is 0 Å². The summed E-state index contributed by atoms with van der Waals surface area (Å²) in [5.41, 5.74) is 9.51. The van der Waals surface area contributed by atoms with Crippen LogP contribution in [0.25, 0.3) is 0 Å². The zero-order valence-electron chi connectivity index (χ0n) is 12.7. The second-order valence-electron chi connectivity index (χ2n) is 5.90. The highest BCUT2D eigenvalue weighted by Crippen LogP contribution is 2.43. The van der Waals surface area contributed by atoms with Crippen LogP contribution in [-0.4, -0.2) is 14.9 Å². The van der Waals surface area contributed by atoms with Crippen LogP contribution in [-0.2, 0) is 25.0 Å². The summed E-state index contributed by atoms with van der Waals surface area (Å²) in [5, 5.41) is 15.7. The van der Waals surface area contributed by atoms with E-state index in [2.05, 4.69) is 25.0 Å². The fourth-order valence-corrected chi connectivity index (χ4v) is 3.40. The summed E-state index contributed by atoms with van der Waals surface area (Å²) < 4.78 is 1.99. The van der Waals surface area contributed by atoms with Gasteiger partial charge in [-0.25, -0.2) is 0 Å². The lowest BCUT2D eigenvalue weighted by Crippen LogP contribution is -2.27. The maximum Gasteiger partial charge on any atom is 0.0972 e. The lowest BCUT2D eigenvalue weighted by molar-refractivity contribution is 0.0321. The Balaban J connectivity index is 1.97. The van der Waals surface area contributed by atoms with Crippen LogP contribution in [0.15, 0.2) is 30.3 Å². The summed E-state index contributed by atoms with van der Waals surface area (Å²) in [6.07, 6.45) is 2.05. The number of rotatable bonds is 4. The third kappa shape index (κ3) is 2.39. The molecule has 3 rings (SSSR count). The zero-order valence-corrected chi connectivity index (χ0v) is 12.7. The first kappa shape index (κ1) is 14.3. The summed E-state index contributed by atoms with van der Waals surface area (Å²) in [7, 11) is 0. The summed E-state index contributed by atoms with van der Waals surface area (Å²) in [4.78, 5) is 0. The number of nitrogens with zero attached hydrogens (tertiary/aromatic N) is 2. The van der Waals surface area contributed by atoms with Gasteiger partial charge in [0, 0.05) is 24.7 Å². The molecule has 2 atom stereocenters. The van der Waals surface area contributed by atoms with Gasteiger partial charge in [0.05, 0.1) is 11.3 Å². The third-order valence-electron chi connectivity index (χ3n) is 4.47. The fraction of sp³-hybridized carbons (Fsp3) is 0.471. The van der Waals surface area contributed by atoms with Crippen molar-refractivity contribution in [2.75, 3.05) is 0 Å². The van der Waals surface area contributed by atoms with Crippen molar-refractivity contribution in [1.82, 2.24) is 9.78 Å². The van der Waals surface area contributed by atoms with Crippen LogP contribution in [0.2, 0.25) is 0 Å². The maximum atomic E-state index is 11.1. The summed E-state index contributed by atoms with van der Waals surface area (Å²) in [6, 6.07) is 9.98. The molecule has 0 fully saturated rings. The van der Waals surface area contributed by atoms with Gasteiger partial charge in [-0.05, 0) is 37.0 Å². The molecular formula is C17H23N3O. The Morgan fingerprint density at radius 3 is 2.86 bits per heavy atom. The topological polar surface area (TPSA) is 64.1 Å².